The molecule has 4 aliphatic carbocycles. The van der Waals surface area contributed by atoms with Crippen molar-refractivity contribution >= 4 is 16.1 Å². The second-order valence-electron chi connectivity index (χ2n) is 12.1. The molecular weight excluding hydrogens is 500 g/mol. The summed E-state index contributed by atoms with van der Waals surface area (Å²) >= 11 is 0. The molecule has 4 aliphatic rings. The number of carbonyl (C=O) groups is 1. The van der Waals surface area contributed by atoms with Crippen molar-refractivity contribution < 1.29 is 26.9 Å². The number of benzene rings is 2. The van der Waals surface area contributed by atoms with Crippen molar-refractivity contribution in [2.45, 2.75) is 89.1 Å². The van der Waals surface area contributed by atoms with Gasteiger partial charge in [-0.1, -0.05) is 43.3 Å². The van der Waals surface area contributed by atoms with Crippen molar-refractivity contribution in [2.75, 3.05) is 7.11 Å². The third kappa shape index (κ3) is 3.75. The van der Waals surface area contributed by atoms with E-state index in [-0.39, 0.29) is 34.8 Å². The lowest BCUT2D eigenvalue weighted by Crippen LogP contribution is -2.53. The summed E-state index contributed by atoms with van der Waals surface area (Å²) in [6.07, 6.45) is 8.22. The molecule has 2 bridgehead atoms. The first-order chi connectivity index (χ1) is 18.1. The van der Waals surface area contributed by atoms with E-state index in [1.54, 1.807) is 26.2 Å². The molecule has 7 heteroatoms. The van der Waals surface area contributed by atoms with E-state index in [1.165, 1.54) is 11.1 Å². The van der Waals surface area contributed by atoms with Gasteiger partial charge in [0.05, 0.1) is 13.7 Å². The van der Waals surface area contributed by atoms with Crippen LogP contribution < -0.4 is 4.74 Å². The lowest BCUT2D eigenvalue weighted by molar-refractivity contribution is -0.174. The largest absolute Gasteiger partial charge is 0.496 e. The molecule has 0 spiro atoms. The number of fused-ring (bicyclic) bond motifs is 3. The Hall–Kier alpha value is -2.38. The number of carbonyl (C=O) groups excluding carboxylic acids is 1. The van der Waals surface area contributed by atoms with Crippen LogP contribution in [0.15, 0.2) is 42.5 Å². The van der Waals surface area contributed by atoms with Gasteiger partial charge in [-0.25, -0.2) is 0 Å². The maximum Gasteiger partial charge on any atom is 0.303 e. The van der Waals surface area contributed by atoms with Crippen LogP contribution >= 0.6 is 0 Å². The molecule has 0 radical (unpaired) electrons. The Bertz CT molecular complexity index is 1340. The molecule has 2 aromatic rings. The second-order valence-corrected chi connectivity index (χ2v) is 13.8. The highest BCUT2D eigenvalue weighted by atomic mass is 32.2. The first-order valence-corrected chi connectivity index (χ1v) is 15.5. The standard InChI is InChI=1S/C31H38O6S/c1-21(32)37-31-17-15-30(16-18-31)27-11-9-24-23(25(27)13-14-29(30,31)2)10-12-28(35-3)26(24)19-36-38(33,34)20-22-7-5-4-6-8-22/h4-8,10,12,25,27H,9,11,13-20H2,1-3H3/t25-,27-,29+,30?,31?/m1/s1. The molecule has 0 unspecified atom stereocenters. The average Bonchev–Trinajstić information content (AvgIpc) is 3.29. The zero-order chi connectivity index (χ0) is 26.8. The van der Waals surface area contributed by atoms with E-state index in [0.717, 1.165) is 56.9 Å². The Labute approximate surface area is 226 Å². The summed E-state index contributed by atoms with van der Waals surface area (Å²) in [7, 11) is -2.12. The highest BCUT2D eigenvalue weighted by molar-refractivity contribution is 7.85. The normalized spacial score (nSPS) is 33.2. The van der Waals surface area contributed by atoms with Crippen LogP contribution in [0.5, 0.6) is 5.75 Å². The van der Waals surface area contributed by atoms with Gasteiger partial charge in [0.15, 0.2) is 0 Å². The van der Waals surface area contributed by atoms with Crippen LogP contribution in [0.1, 0.15) is 87.0 Å². The highest BCUT2D eigenvalue weighted by Gasteiger charge is 2.75. The third-order valence-electron chi connectivity index (χ3n) is 10.9. The third-order valence-corrected chi connectivity index (χ3v) is 12.0. The zero-order valence-corrected chi connectivity index (χ0v) is 23.4. The Balaban J connectivity index is 1.29. The van der Waals surface area contributed by atoms with Gasteiger partial charge in [-0.2, -0.15) is 8.42 Å². The number of rotatable bonds is 7. The van der Waals surface area contributed by atoms with E-state index in [9.17, 15) is 13.2 Å². The predicted octanol–water partition coefficient (Wildman–Crippen LogP) is 6.06. The molecule has 6 nitrogen and oxygen atoms in total. The summed E-state index contributed by atoms with van der Waals surface area (Å²) < 4.78 is 43.1. The first kappa shape index (κ1) is 25.9. The van der Waals surface area contributed by atoms with Gasteiger partial charge in [-0.3, -0.25) is 8.98 Å². The van der Waals surface area contributed by atoms with Crippen molar-refractivity contribution in [3.05, 3.63) is 64.7 Å². The molecule has 0 amide bonds. The molecule has 0 aliphatic heterocycles. The van der Waals surface area contributed by atoms with Crippen LogP contribution in [0.4, 0.5) is 0 Å². The van der Waals surface area contributed by atoms with Gasteiger partial charge in [0.2, 0.25) is 0 Å². The van der Waals surface area contributed by atoms with Crippen molar-refractivity contribution in [3.8, 4) is 5.75 Å². The molecule has 0 aromatic heterocycles. The maximum absolute atomic E-state index is 12.8. The van der Waals surface area contributed by atoms with Crippen LogP contribution in [0.25, 0.3) is 0 Å². The van der Waals surface area contributed by atoms with Crippen molar-refractivity contribution in [2.24, 2.45) is 16.7 Å². The quantitative estimate of drug-likeness (QED) is 0.315. The van der Waals surface area contributed by atoms with E-state index in [2.05, 4.69) is 13.0 Å². The van der Waals surface area contributed by atoms with Gasteiger partial charge in [0.1, 0.15) is 17.1 Å². The lowest BCUT2D eigenvalue weighted by atomic mass is 9.48. The van der Waals surface area contributed by atoms with E-state index in [1.807, 2.05) is 24.3 Å². The first-order valence-electron chi connectivity index (χ1n) is 13.9. The molecule has 204 valence electrons. The Kier molecular flexibility index (Phi) is 6.19. The number of hydrogen-bond acceptors (Lipinski definition) is 6. The van der Waals surface area contributed by atoms with Crippen LogP contribution in [0.3, 0.4) is 0 Å². The van der Waals surface area contributed by atoms with Crippen LogP contribution in [0, 0.1) is 16.7 Å². The fraction of sp³-hybridized carbons (Fsp3) is 0.581. The minimum absolute atomic E-state index is 0.0165. The van der Waals surface area contributed by atoms with Gasteiger partial charge in [0, 0.05) is 17.9 Å². The summed E-state index contributed by atoms with van der Waals surface area (Å²) in [5.41, 5.74) is 4.00. The summed E-state index contributed by atoms with van der Waals surface area (Å²) in [6.45, 7) is 3.93. The molecule has 3 fully saturated rings. The number of esters is 1. The molecule has 2 aromatic carbocycles. The van der Waals surface area contributed by atoms with E-state index in [0.29, 0.717) is 23.1 Å². The van der Waals surface area contributed by atoms with Gasteiger partial charge in [0.25, 0.3) is 10.1 Å². The fourth-order valence-corrected chi connectivity index (χ4v) is 10.2. The Morgan fingerprint density at radius 1 is 1.00 bits per heavy atom. The highest BCUT2D eigenvalue weighted by Crippen LogP contribution is 2.78. The van der Waals surface area contributed by atoms with Crippen molar-refractivity contribution in [1.82, 2.24) is 0 Å². The topological polar surface area (TPSA) is 78.9 Å². The molecule has 0 saturated heterocycles. The minimum atomic E-state index is -3.75. The second kappa shape index (κ2) is 9.09. The molecule has 0 heterocycles. The summed E-state index contributed by atoms with van der Waals surface area (Å²) in [6, 6.07) is 13.3. The molecule has 6 rings (SSSR count). The molecule has 0 N–H and O–H groups in total. The lowest BCUT2D eigenvalue weighted by Gasteiger charge is -2.57. The summed E-state index contributed by atoms with van der Waals surface area (Å²) in [5.74, 6) is 1.34. The Morgan fingerprint density at radius 3 is 2.42 bits per heavy atom. The van der Waals surface area contributed by atoms with E-state index < -0.39 is 10.1 Å². The van der Waals surface area contributed by atoms with Crippen molar-refractivity contribution in [3.63, 3.8) is 0 Å². The predicted molar refractivity (Wildman–Crippen MR) is 144 cm³/mol. The molecule has 38 heavy (non-hydrogen) atoms. The summed E-state index contributed by atoms with van der Waals surface area (Å²) in [5, 5.41) is 0. The van der Waals surface area contributed by atoms with Gasteiger partial charge < -0.3 is 9.47 Å². The van der Waals surface area contributed by atoms with Crippen LogP contribution in [-0.4, -0.2) is 27.1 Å². The molecule has 3 saturated carbocycles. The SMILES string of the molecule is COc1ccc2c(c1COS(=O)(=O)Cc1ccccc1)CC[C@@H]1[C@@H]2CC[C@]2(C)C3(OC(C)=O)CCC12CC3. The van der Waals surface area contributed by atoms with Crippen LogP contribution in [-0.2, 0) is 42.6 Å². The smallest absolute Gasteiger partial charge is 0.303 e. The molecular formula is C31H38O6S. The maximum atomic E-state index is 12.8. The number of hydrogen-bond donors (Lipinski definition) is 0. The average molecular weight is 539 g/mol. The number of methoxy groups -OCH3 is 1. The number of ether oxygens (including phenoxy) is 2. The van der Waals surface area contributed by atoms with Crippen LogP contribution in [0.2, 0.25) is 0 Å². The Morgan fingerprint density at radius 2 is 1.74 bits per heavy atom. The zero-order valence-electron chi connectivity index (χ0n) is 22.6. The van der Waals surface area contributed by atoms with Gasteiger partial charge >= 0.3 is 5.97 Å². The van der Waals surface area contributed by atoms with Gasteiger partial charge in [-0.15, -0.1) is 0 Å². The fourth-order valence-electron chi connectivity index (χ4n) is 9.23. The van der Waals surface area contributed by atoms with E-state index in [4.69, 9.17) is 13.7 Å². The monoisotopic (exact) mass is 538 g/mol. The van der Waals surface area contributed by atoms with Crippen molar-refractivity contribution in [1.29, 1.82) is 0 Å². The minimum Gasteiger partial charge on any atom is -0.496 e. The van der Waals surface area contributed by atoms with Gasteiger partial charge in [-0.05, 0) is 91.4 Å². The van der Waals surface area contributed by atoms with E-state index >= 15 is 0 Å². The summed E-state index contributed by atoms with van der Waals surface area (Å²) in [4.78, 5) is 12.1. The molecule has 3 atom stereocenters.